The first-order valence-electron chi connectivity index (χ1n) is 7.02. The molecule has 1 fully saturated rings. The number of carbonyl (C=O) groups is 1. The van der Waals surface area contributed by atoms with Crippen molar-refractivity contribution in [2.75, 3.05) is 13.1 Å². The van der Waals surface area contributed by atoms with E-state index in [4.69, 9.17) is 4.74 Å². The van der Waals surface area contributed by atoms with E-state index in [1.807, 2.05) is 39.5 Å². The molecular formula is C14H28N2O2. The van der Waals surface area contributed by atoms with Gasteiger partial charge in [0.1, 0.15) is 5.60 Å². The van der Waals surface area contributed by atoms with Gasteiger partial charge in [0, 0.05) is 18.6 Å². The highest BCUT2D eigenvalue weighted by Gasteiger charge is 2.25. The van der Waals surface area contributed by atoms with Crippen LogP contribution in [0.1, 0.15) is 53.9 Å². The summed E-state index contributed by atoms with van der Waals surface area (Å²) in [7, 11) is 0. The third kappa shape index (κ3) is 5.25. The van der Waals surface area contributed by atoms with Crippen LogP contribution in [0.15, 0.2) is 0 Å². The smallest absolute Gasteiger partial charge is 0.410 e. The summed E-state index contributed by atoms with van der Waals surface area (Å²) in [5.41, 5.74) is -0.421. The number of hydrogen-bond acceptors (Lipinski definition) is 3. The van der Waals surface area contributed by atoms with E-state index in [1.165, 1.54) is 12.8 Å². The minimum absolute atomic E-state index is 0.182. The summed E-state index contributed by atoms with van der Waals surface area (Å²) in [5.74, 6) is 0. The molecule has 0 saturated carbocycles. The van der Waals surface area contributed by atoms with Gasteiger partial charge in [-0.25, -0.2) is 4.79 Å². The summed E-state index contributed by atoms with van der Waals surface area (Å²) in [6, 6.07) is 0.745. The van der Waals surface area contributed by atoms with Gasteiger partial charge >= 0.3 is 6.09 Å². The number of carbonyl (C=O) groups excluding carboxylic acids is 1. The Balaban J connectivity index is 2.45. The molecule has 0 aliphatic carbocycles. The normalized spacial score (nSPS) is 20.2. The van der Waals surface area contributed by atoms with Gasteiger partial charge in [0.05, 0.1) is 0 Å². The summed E-state index contributed by atoms with van der Waals surface area (Å²) < 4.78 is 5.44. The highest BCUT2D eigenvalue weighted by molar-refractivity contribution is 5.68. The van der Waals surface area contributed by atoms with Gasteiger partial charge < -0.3 is 15.0 Å². The van der Waals surface area contributed by atoms with Gasteiger partial charge in [0.15, 0.2) is 0 Å². The molecule has 1 unspecified atom stereocenters. The molecule has 106 valence electrons. The molecule has 4 nitrogen and oxygen atoms in total. The first-order valence-corrected chi connectivity index (χ1v) is 7.02. The molecule has 4 heteroatoms. The monoisotopic (exact) mass is 256 g/mol. The van der Waals surface area contributed by atoms with Crippen molar-refractivity contribution in [2.45, 2.75) is 71.6 Å². The van der Waals surface area contributed by atoms with E-state index >= 15 is 0 Å². The summed E-state index contributed by atoms with van der Waals surface area (Å²) in [4.78, 5) is 13.9. The molecular weight excluding hydrogens is 228 g/mol. The van der Waals surface area contributed by atoms with Crippen molar-refractivity contribution >= 4 is 6.09 Å². The lowest BCUT2D eigenvalue weighted by Gasteiger charge is -2.30. The van der Waals surface area contributed by atoms with E-state index in [2.05, 4.69) is 5.32 Å². The van der Waals surface area contributed by atoms with Gasteiger partial charge in [0.2, 0.25) is 0 Å². The number of amides is 1. The fourth-order valence-electron chi connectivity index (χ4n) is 2.18. The maximum absolute atomic E-state index is 12.1. The SMILES string of the molecule is CC(C)N(CCC1CCCN1)C(=O)OC(C)(C)C. The van der Waals surface area contributed by atoms with E-state index in [1.54, 1.807) is 0 Å². The lowest BCUT2D eigenvalue weighted by Crippen LogP contribution is -2.42. The molecule has 1 aliphatic rings. The van der Waals surface area contributed by atoms with Crippen molar-refractivity contribution in [3.8, 4) is 0 Å². The van der Waals surface area contributed by atoms with Gasteiger partial charge in [-0.1, -0.05) is 0 Å². The predicted octanol–water partition coefficient (Wildman–Crippen LogP) is 2.77. The highest BCUT2D eigenvalue weighted by atomic mass is 16.6. The summed E-state index contributed by atoms with van der Waals surface area (Å²) in [6.07, 6.45) is 3.28. The van der Waals surface area contributed by atoms with Crippen LogP contribution in [-0.2, 0) is 4.74 Å². The average molecular weight is 256 g/mol. The van der Waals surface area contributed by atoms with Crippen LogP contribution in [0.25, 0.3) is 0 Å². The lowest BCUT2D eigenvalue weighted by molar-refractivity contribution is 0.0184. The van der Waals surface area contributed by atoms with E-state index in [0.29, 0.717) is 6.04 Å². The minimum atomic E-state index is -0.421. The predicted molar refractivity (Wildman–Crippen MR) is 73.7 cm³/mol. The third-order valence-electron chi connectivity index (χ3n) is 3.13. The number of nitrogens with one attached hydrogen (secondary N) is 1. The molecule has 1 N–H and O–H groups in total. The molecule has 1 amide bonds. The quantitative estimate of drug-likeness (QED) is 0.841. The Morgan fingerprint density at radius 1 is 1.44 bits per heavy atom. The molecule has 1 saturated heterocycles. The Morgan fingerprint density at radius 3 is 2.56 bits per heavy atom. The number of ether oxygens (including phenoxy) is 1. The zero-order valence-corrected chi connectivity index (χ0v) is 12.5. The van der Waals surface area contributed by atoms with E-state index < -0.39 is 5.60 Å². The summed E-state index contributed by atoms with van der Waals surface area (Å²) >= 11 is 0. The third-order valence-corrected chi connectivity index (χ3v) is 3.13. The molecule has 0 aromatic rings. The van der Waals surface area contributed by atoms with E-state index in [9.17, 15) is 4.79 Å². The van der Waals surface area contributed by atoms with Crippen LogP contribution in [0, 0.1) is 0 Å². The maximum atomic E-state index is 12.1. The Morgan fingerprint density at radius 2 is 2.11 bits per heavy atom. The molecule has 0 bridgehead atoms. The zero-order chi connectivity index (χ0) is 13.8. The second-order valence-electron chi connectivity index (χ2n) is 6.35. The molecule has 0 radical (unpaired) electrons. The van der Waals surface area contributed by atoms with Gasteiger partial charge in [-0.3, -0.25) is 0 Å². The Bertz CT molecular complexity index is 265. The second-order valence-corrected chi connectivity index (χ2v) is 6.35. The van der Waals surface area contributed by atoms with Crippen LogP contribution in [-0.4, -0.2) is 41.8 Å². The molecule has 0 spiro atoms. The first-order chi connectivity index (χ1) is 8.29. The average Bonchev–Trinajstić information content (AvgIpc) is 2.67. The Kier molecular flexibility index (Phi) is 5.45. The molecule has 1 heterocycles. The lowest BCUT2D eigenvalue weighted by atomic mass is 10.1. The number of rotatable bonds is 4. The van der Waals surface area contributed by atoms with Gasteiger partial charge in [0.25, 0.3) is 0 Å². The van der Waals surface area contributed by atoms with Crippen molar-refractivity contribution in [2.24, 2.45) is 0 Å². The largest absolute Gasteiger partial charge is 0.444 e. The van der Waals surface area contributed by atoms with Crippen molar-refractivity contribution in [1.29, 1.82) is 0 Å². The van der Waals surface area contributed by atoms with Crippen LogP contribution in [0.5, 0.6) is 0 Å². The van der Waals surface area contributed by atoms with Crippen molar-refractivity contribution in [3.63, 3.8) is 0 Å². The standard InChI is InChI=1S/C14H28N2O2/c1-11(2)16(13(17)18-14(3,4)5)10-8-12-7-6-9-15-12/h11-12,15H,6-10H2,1-5H3. The molecule has 1 aliphatic heterocycles. The van der Waals surface area contributed by atoms with Crippen molar-refractivity contribution < 1.29 is 9.53 Å². The van der Waals surface area contributed by atoms with Gasteiger partial charge in [-0.2, -0.15) is 0 Å². The molecule has 0 aromatic heterocycles. The van der Waals surface area contributed by atoms with Gasteiger partial charge in [-0.15, -0.1) is 0 Å². The fourth-order valence-corrected chi connectivity index (χ4v) is 2.18. The van der Waals surface area contributed by atoms with E-state index in [-0.39, 0.29) is 12.1 Å². The summed E-state index contributed by atoms with van der Waals surface area (Å²) in [5, 5.41) is 3.46. The number of hydrogen-bond donors (Lipinski definition) is 1. The van der Waals surface area contributed by atoms with Crippen LogP contribution >= 0.6 is 0 Å². The Hall–Kier alpha value is -0.770. The molecule has 1 atom stereocenters. The van der Waals surface area contributed by atoms with Crippen LogP contribution in [0.3, 0.4) is 0 Å². The van der Waals surface area contributed by atoms with E-state index in [0.717, 1.165) is 19.5 Å². The van der Waals surface area contributed by atoms with Crippen molar-refractivity contribution in [1.82, 2.24) is 10.2 Å². The van der Waals surface area contributed by atoms with Crippen molar-refractivity contribution in [3.05, 3.63) is 0 Å². The highest BCUT2D eigenvalue weighted by Crippen LogP contribution is 2.15. The minimum Gasteiger partial charge on any atom is -0.444 e. The fraction of sp³-hybridized carbons (Fsp3) is 0.929. The van der Waals surface area contributed by atoms with Crippen LogP contribution < -0.4 is 5.32 Å². The molecule has 18 heavy (non-hydrogen) atoms. The Labute approximate surface area is 111 Å². The zero-order valence-electron chi connectivity index (χ0n) is 12.5. The maximum Gasteiger partial charge on any atom is 0.410 e. The second kappa shape index (κ2) is 6.41. The van der Waals surface area contributed by atoms with Crippen LogP contribution in [0.4, 0.5) is 4.79 Å². The number of nitrogens with zero attached hydrogens (tertiary/aromatic N) is 1. The first kappa shape index (κ1) is 15.3. The van der Waals surface area contributed by atoms with Gasteiger partial charge in [-0.05, 0) is 60.4 Å². The summed E-state index contributed by atoms with van der Waals surface area (Å²) in [6.45, 7) is 11.7. The van der Waals surface area contributed by atoms with Crippen LogP contribution in [0.2, 0.25) is 0 Å². The topological polar surface area (TPSA) is 41.6 Å². The molecule has 0 aromatic carbocycles. The molecule has 1 rings (SSSR count).